The van der Waals surface area contributed by atoms with Crippen LogP contribution in [0.2, 0.25) is 0 Å². The number of fused-ring (bicyclic) bond motifs is 1. The maximum Gasteiger partial charge on any atom is 0.301 e. The molecule has 1 aromatic heterocycles. The van der Waals surface area contributed by atoms with Gasteiger partial charge in [-0.2, -0.15) is 0 Å². The standard InChI is InChI=1S/C29H26N2O7S/c1-5-38-21-12-9-16(14-22(21)37-4)25-24(26(32)17-7-6-8-18(13-17)35-2)27(33)28(34)31(25)29-30-20-11-10-19(36-3)15-23(20)39-29/h6-15,25,32H,5H2,1-4H3. The molecule has 0 spiro atoms. The summed E-state index contributed by atoms with van der Waals surface area (Å²) in [6, 6.07) is 16.2. The molecule has 1 unspecified atom stereocenters. The number of aliphatic hydroxyl groups is 1. The van der Waals surface area contributed by atoms with Crippen molar-refractivity contribution in [3.63, 3.8) is 0 Å². The monoisotopic (exact) mass is 546 g/mol. The van der Waals surface area contributed by atoms with Gasteiger partial charge in [-0.1, -0.05) is 29.5 Å². The van der Waals surface area contributed by atoms with E-state index < -0.39 is 17.7 Å². The van der Waals surface area contributed by atoms with Crippen LogP contribution >= 0.6 is 11.3 Å². The Balaban J connectivity index is 1.73. The van der Waals surface area contributed by atoms with Gasteiger partial charge in [-0.25, -0.2) is 4.98 Å². The molecule has 9 nitrogen and oxygen atoms in total. The molecule has 1 N–H and O–H groups in total. The summed E-state index contributed by atoms with van der Waals surface area (Å²) < 4.78 is 22.6. The van der Waals surface area contributed by atoms with E-state index in [2.05, 4.69) is 4.98 Å². The molecule has 10 heteroatoms. The maximum absolute atomic E-state index is 13.6. The Labute approximate surface area is 228 Å². The molecule has 1 fully saturated rings. The van der Waals surface area contributed by atoms with E-state index in [-0.39, 0.29) is 11.3 Å². The summed E-state index contributed by atoms with van der Waals surface area (Å²) >= 11 is 1.25. The summed E-state index contributed by atoms with van der Waals surface area (Å²) in [5.74, 6) is 0.123. The minimum Gasteiger partial charge on any atom is -0.507 e. The molecule has 39 heavy (non-hydrogen) atoms. The van der Waals surface area contributed by atoms with Crippen LogP contribution in [-0.2, 0) is 9.59 Å². The highest BCUT2D eigenvalue weighted by atomic mass is 32.1. The molecule has 3 aromatic carbocycles. The molecule has 1 saturated heterocycles. The zero-order valence-electron chi connectivity index (χ0n) is 21.8. The minimum atomic E-state index is -0.983. The number of methoxy groups -OCH3 is 3. The number of aromatic nitrogens is 1. The van der Waals surface area contributed by atoms with Gasteiger partial charge in [0.15, 0.2) is 16.6 Å². The number of hydrogen-bond acceptors (Lipinski definition) is 9. The molecule has 1 aliphatic rings. The molecule has 4 aromatic rings. The van der Waals surface area contributed by atoms with E-state index in [1.54, 1.807) is 61.7 Å². The largest absolute Gasteiger partial charge is 0.507 e. The molecular formula is C29H26N2O7S. The summed E-state index contributed by atoms with van der Waals surface area (Å²) in [6.45, 7) is 2.29. The number of Topliss-reactive ketones (excluding diaryl/α,β-unsaturated/α-hetero) is 1. The summed E-state index contributed by atoms with van der Waals surface area (Å²) in [5, 5.41) is 11.7. The molecule has 5 rings (SSSR count). The zero-order valence-corrected chi connectivity index (χ0v) is 22.6. The van der Waals surface area contributed by atoms with Crippen molar-refractivity contribution in [2.75, 3.05) is 32.8 Å². The maximum atomic E-state index is 13.6. The van der Waals surface area contributed by atoms with E-state index in [1.807, 2.05) is 13.0 Å². The molecule has 200 valence electrons. The summed E-state index contributed by atoms with van der Waals surface area (Å²) in [6.07, 6.45) is 0. The highest BCUT2D eigenvalue weighted by molar-refractivity contribution is 7.22. The number of benzene rings is 3. The van der Waals surface area contributed by atoms with E-state index in [0.29, 0.717) is 51.4 Å². The Bertz CT molecular complexity index is 1610. The number of anilines is 1. The molecular weight excluding hydrogens is 520 g/mol. The number of carbonyl (C=O) groups is 2. The van der Waals surface area contributed by atoms with Gasteiger partial charge in [-0.05, 0) is 55.0 Å². The van der Waals surface area contributed by atoms with Gasteiger partial charge in [0.05, 0.1) is 49.8 Å². The number of ketones is 1. The Morgan fingerprint density at radius 3 is 2.44 bits per heavy atom. The third-order valence-corrected chi connectivity index (χ3v) is 7.40. The van der Waals surface area contributed by atoms with Crippen LogP contribution in [0, 0.1) is 0 Å². The lowest BCUT2D eigenvalue weighted by Crippen LogP contribution is -2.29. The molecule has 1 amide bonds. The van der Waals surface area contributed by atoms with Gasteiger partial charge < -0.3 is 24.1 Å². The van der Waals surface area contributed by atoms with Gasteiger partial charge in [0, 0.05) is 5.56 Å². The van der Waals surface area contributed by atoms with Crippen LogP contribution in [0.25, 0.3) is 16.0 Å². The number of nitrogens with zero attached hydrogens (tertiary/aromatic N) is 2. The fraction of sp³-hybridized carbons (Fsp3) is 0.207. The Morgan fingerprint density at radius 1 is 0.949 bits per heavy atom. The second-order valence-electron chi connectivity index (χ2n) is 8.57. The van der Waals surface area contributed by atoms with Crippen LogP contribution in [0.3, 0.4) is 0 Å². The molecule has 0 radical (unpaired) electrons. The van der Waals surface area contributed by atoms with Crippen LogP contribution in [0.1, 0.15) is 24.1 Å². The van der Waals surface area contributed by atoms with Crippen molar-refractivity contribution in [1.29, 1.82) is 0 Å². The first-order chi connectivity index (χ1) is 18.9. The van der Waals surface area contributed by atoms with Crippen molar-refractivity contribution in [1.82, 2.24) is 4.98 Å². The number of amides is 1. The summed E-state index contributed by atoms with van der Waals surface area (Å²) in [7, 11) is 4.59. The first-order valence-corrected chi connectivity index (χ1v) is 12.9. The van der Waals surface area contributed by atoms with E-state index in [0.717, 1.165) is 4.70 Å². The first kappa shape index (κ1) is 26.1. The quantitative estimate of drug-likeness (QED) is 0.179. The number of rotatable bonds is 8. The first-order valence-electron chi connectivity index (χ1n) is 12.1. The van der Waals surface area contributed by atoms with Gasteiger partial charge in [0.1, 0.15) is 17.3 Å². The second-order valence-corrected chi connectivity index (χ2v) is 9.58. The lowest BCUT2D eigenvalue weighted by Gasteiger charge is -2.24. The average molecular weight is 547 g/mol. The lowest BCUT2D eigenvalue weighted by atomic mass is 9.95. The molecule has 0 bridgehead atoms. The highest BCUT2D eigenvalue weighted by Gasteiger charge is 2.48. The number of hydrogen-bond donors (Lipinski definition) is 1. The van der Waals surface area contributed by atoms with Crippen molar-refractivity contribution in [3.8, 4) is 23.0 Å². The van der Waals surface area contributed by atoms with Crippen LogP contribution in [0.15, 0.2) is 66.2 Å². The highest BCUT2D eigenvalue weighted by Crippen LogP contribution is 2.46. The smallest absolute Gasteiger partial charge is 0.301 e. The SMILES string of the molecule is CCOc1ccc(C2C(=C(O)c3cccc(OC)c3)C(=O)C(=O)N2c2nc3ccc(OC)cc3s2)cc1OC. The minimum absolute atomic E-state index is 0.0729. The number of carbonyl (C=O) groups excluding carboxylic acids is 2. The van der Waals surface area contributed by atoms with Crippen LogP contribution < -0.4 is 23.8 Å². The summed E-state index contributed by atoms with van der Waals surface area (Å²) in [4.78, 5) is 33.1. The molecule has 1 atom stereocenters. The number of ether oxygens (including phenoxy) is 4. The lowest BCUT2D eigenvalue weighted by molar-refractivity contribution is -0.132. The molecule has 1 aliphatic heterocycles. The van der Waals surface area contributed by atoms with Gasteiger partial charge in [-0.15, -0.1) is 0 Å². The summed E-state index contributed by atoms with van der Waals surface area (Å²) in [5.41, 5.74) is 1.45. The van der Waals surface area contributed by atoms with Gasteiger partial charge >= 0.3 is 5.91 Å². The normalized spacial score (nSPS) is 16.5. The number of aliphatic hydroxyl groups excluding tert-OH is 1. The van der Waals surface area contributed by atoms with E-state index in [1.165, 1.54) is 30.5 Å². The van der Waals surface area contributed by atoms with Crippen LogP contribution in [0.4, 0.5) is 5.13 Å². The molecule has 0 aliphatic carbocycles. The van der Waals surface area contributed by atoms with Crippen molar-refractivity contribution >= 4 is 44.1 Å². The average Bonchev–Trinajstić information content (AvgIpc) is 3.50. The molecule has 0 saturated carbocycles. The Kier molecular flexibility index (Phi) is 7.12. The zero-order chi connectivity index (χ0) is 27.7. The van der Waals surface area contributed by atoms with Gasteiger partial charge in [-0.3, -0.25) is 14.5 Å². The molecule has 2 heterocycles. The topological polar surface area (TPSA) is 107 Å². The van der Waals surface area contributed by atoms with Crippen molar-refractivity contribution in [2.45, 2.75) is 13.0 Å². The van der Waals surface area contributed by atoms with E-state index in [4.69, 9.17) is 18.9 Å². The fourth-order valence-electron chi connectivity index (χ4n) is 4.52. The third kappa shape index (κ3) is 4.63. The van der Waals surface area contributed by atoms with Crippen LogP contribution in [-0.4, -0.2) is 49.7 Å². The van der Waals surface area contributed by atoms with E-state index in [9.17, 15) is 14.7 Å². The predicted octanol–water partition coefficient (Wildman–Crippen LogP) is 5.35. The van der Waals surface area contributed by atoms with E-state index >= 15 is 0 Å². The third-order valence-electron chi connectivity index (χ3n) is 6.38. The predicted molar refractivity (Wildman–Crippen MR) is 148 cm³/mol. The van der Waals surface area contributed by atoms with Gasteiger partial charge in [0.25, 0.3) is 5.78 Å². The second kappa shape index (κ2) is 10.7. The fourth-order valence-corrected chi connectivity index (χ4v) is 5.54. The van der Waals surface area contributed by atoms with Gasteiger partial charge in [0.2, 0.25) is 0 Å². The Morgan fingerprint density at radius 2 is 1.72 bits per heavy atom. The van der Waals surface area contributed by atoms with Crippen molar-refractivity contribution < 1.29 is 33.6 Å². The Hall–Kier alpha value is -4.57. The van der Waals surface area contributed by atoms with Crippen molar-refractivity contribution in [2.24, 2.45) is 0 Å². The van der Waals surface area contributed by atoms with Crippen LogP contribution in [0.5, 0.6) is 23.0 Å². The van der Waals surface area contributed by atoms with Crippen molar-refractivity contribution in [3.05, 3.63) is 77.4 Å². The number of thiazole rings is 1.